The van der Waals surface area contributed by atoms with Crippen molar-refractivity contribution in [2.24, 2.45) is 5.92 Å². The lowest BCUT2D eigenvalue weighted by Crippen LogP contribution is -2.39. The lowest BCUT2D eigenvalue weighted by molar-refractivity contribution is -0.128. The molecule has 2 aliphatic rings. The Morgan fingerprint density at radius 1 is 1.15 bits per heavy atom. The van der Waals surface area contributed by atoms with Gasteiger partial charge in [0.25, 0.3) is 5.91 Å². The van der Waals surface area contributed by atoms with Crippen molar-refractivity contribution in [1.29, 1.82) is 0 Å². The van der Waals surface area contributed by atoms with Gasteiger partial charge in [-0.05, 0) is 55.7 Å². The standard InChI is InChI=1S/C21H28N2O4/c1-15-4-10-18(11-5-15)22-19(24)14-27-21(26)17-8-6-16(7-9-17)13-23-12-2-3-20(23)25/h6-9,15,18H,2-5,10-14H2,1H3,(H,22,24). The van der Waals surface area contributed by atoms with Crippen LogP contribution in [0.15, 0.2) is 24.3 Å². The van der Waals surface area contributed by atoms with Crippen molar-refractivity contribution < 1.29 is 19.1 Å². The van der Waals surface area contributed by atoms with Crippen LogP contribution in [0.5, 0.6) is 0 Å². The zero-order valence-electron chi connectivity index (χ0n) is 15.9. The zero-order valence-corrected chi connectivity index (χ0v) is 15.9. The number of nitrogens with zero attached hydrogens (tertiary/aromatic N) is 1. The Labute approximate surface area is 160 Å². The predicted octanol–water partition coefficient (Wildman–Crippen LogP) is 2.66. The molecular formula is C21H28N2O4. The quantitative estimate of drug-likeness (QED) is 0.779. The number of amides is 2. The highest BCUT2D eigenvalue weighted by molar-refractivity contribution is 5.91. The summed E-state index contributed by atoms with van der Waals surface area (Å²) in [7, 11) is 0. The maximum atomic E-state index is 12.1. The number of ether oxygens (including phenoxy) is 1. The van der Waals surface area contributed by atoms with Crippen molar-refractivity contribution in [1.82, 2.24) is 10.2 Å². The molecule has 3 rings (SSSR count). The summed E-state index contributed by atoms with van der Waals surface area (Å²) in [6.45, 7) is 3.33. The van der Waals surface area contributed by atoms with Crippen LogP contribution in [-0.2, 0) is 20.9 Å². The number of rotatable bonds is 6. The van der Waals surface area contributed by atoms with Crippen LogP contribution in [0.2, 0.25) is 0 Å². The molecule has 1 saturated heterocycles. The topological polar surface area (TPSA) is 75.7 Å². The minimum absolute atomic E-state index is 0.178. The fourth-order valence-electron chi connectivity index (χ4n) is 3.73. The summed E-state index contributed by atoms with van der Waals surface area (Å²) in [5, 5.41) is 2.95. The first-order chi connectivity index (χ1) is 13.0. The Balaban J connectivity index is 1.42. The molecule has 1 saturated carbocycles. The fraction of sp³-hybridized carbons (Fsp3) is 0.571. The van der Waals surface area contributed by atoms with Crippen molar-refractivity contribution in [3.05, 3.63) is 35.4 Å². The fourth-order valence-corrected chi connectivity index (χ4v) is 3.73. The van der Waals surface area contributed by atoms with Crippen molar-refractivity contribution in [2.45, 2.75) is 58.0 Å². The molecule has 27 heavy (non-hydrogen) atoms. The molecule has 1 aromatic carbocycles. The maximum Gasteiger partial charge on any atom is 0.338 e. The molecule has 0 spiro atoms. The first-order valence-electron chi connectivity index (χ1n) is 9.84. The van der Waals surface area contributed by atoms with Gasteiger partial charge in [0, 0.05) is 25.6 Å². The van der Waals surface area contributed by atoms with Gasteiger partial charge in [0.1, 0.15) is 0 Å². The first kappa shape index (κ1) is 19.4. The molecule has 1 aromatic rings. The van der Waals surface area contributed by atoms with Gasteiger partial charge in [0.2, 0.25) is 5.91 Å². The second-order valence-corrected chi connectivity index (χ2v) is 7.72. The summed E-state index contributed by atoms with van der Waals surface area (Å²) >= 11 is 0. The van der Waals surface area contributed by atoms with Gasteiger partial charge < -0.3 is 15.0 Å². The molecular weight excluding hydrogens is 344 g/mol. The second-order valence-electron chi connectivity index (χ2n) is 7.72. The van der Waals surface area contributed by atoms with Gasteiger partial charge in [-0.15, -0.1) is 0 Å². The van der Waals surface area contributed by atoms with Crippen molar-refractivity contribution in [3.63, 3.8) is 0 Å². The zero-order chi connectivity index (χ0) is 19.2. The van der Waals surface area contributed by atoms with Gasteiger partial charge in [-0.3, -0.25) is 9.59 Å². The molecule has 6 heteroatoms. The van der Waals surface area contributed by atoms with Gasteiger partial charge in [-0.25, -0.2) is 4.79 Å². The van der Waals surface area contributed by atoms with E-state index in [2.05, 4.69) is 12.2 Å². The molecule has 0 unspecified atom stereocenters. The largest absolute Gasteiger partial charge is 0.452 e. The third-order valence-electron chi connectivity index (χ3n) is 5.45. The van der Waals surface area contributed by atoms with Crippen LogP contribution < -0.4 is 5.32 Å². The average molecular weight is 372 g/mol. The lowest BCUT2D eigenvalue weighted by atomic mass is 9.87. The molecule has 1 heterocycles. The summed E-state index contributed by atoms with van der Waals surface area (Å²) < 4.78 is 5.13. The predicted molar refractivity (Wildman–Crippen MR) is 101 cm³/mol. The van der Waals surface area contributed by atoms with Gasteiger partial charge in [0.05, 0.1) is 5.56 Å². The Hall–Kier alpha value is -2.37. The first-order valence-corrected chi connectivity index (χ1v) is 9.84. The van der Waals surface area contributed by atoms with Crippen molar-refractivity contribution >= 4 is 17.8 Å². The molecule has 146 valence electrons. The Bertz CT molecular complexity index is 678. The lowest BCUT2D eigenvalue weighted by Gasteiger charge is -2.26. The van der Waals surface area contributed by atoms with E-state index in [4.69, 9.17) is 4.74 Å². The molecule has 0 atom stereocenters. The van der Waals surface area contributed by atoms with E-state index >= 15 is 0 Å². The summed E-state index contributed by atoms with van der Waals surface area (Å²) in [6.07, 6.45) is 5.75. The van der Waals surface area contributed by atoms with E-state index < -0.39 is 5.97 Å². The van der Waals surface area contributed by atoms with Crippen LogP contribution in [-0.4, -0.2) is 41.9 Å². The summed E-state index contributed by atoms with van der Waals surface area (Å²) in [6, 6.07) is 7.20. The monoisotopic (exact) mass is 372 g/mol. The molecule has 1 aliphatic heterocycles. The van der Waals surface area contributed by atoms with Crippen LogP contribution in [0.3, 0.4) is 0 Å². The third-order valence-corrected chi connectivity index (χ3v) is 5.45. The van der Waals surface area contributed by atoms with Crippen molar-refractivity contribution in [2.75, 3.05) is 13.2 Å². The van der Waals surface area contributed by atoms with Gasteiger partial charge in [-0.2, -0.15) is 0 Å². The van der Waals surface area contributed by atoms with E-state index in [0.717, 1.165) is 50.1 Å². The number of nitrogens with one attached hydrogen (secondary N) is 1. The van der Waals surface area contributed by atoms with Gasteiger partial charge in [0.15, 0.2) is 6.61 Å². The Morgan fingerprint density at radius 3 is 2.48 bits per heavy atom. The molecule has 6 nitrogen and oxygen atoms in total. The van der Waals surface area contributed by atoms with Crippen LogP contribution in [0, 0.1) is 5.92 Å². The molecule has 1 aliphatic carbocycles. The molecule has 0 bridgehead atoms. The molecule has 2 amide bonds. The number of hydrogen-bond acceptors (Lipinski definition) is 4. The summed E-state index contributed by atoms with van der Waals surface area (Å²) in [5.41, 5.74) is 1.39. The van der Waals surface area contributed by atoms with Crippen LogP contribution >= 0.6 is 0 Å². The van der Waals surface area contributed by atoms with E-state index in [9.17, 15) is 14.4 Å². The number of carbonyl (C=O) groups excluding carboxylic acids is 3. The normalized spacial score (nSPS) is 22.6. The second kappa shape index (κ2) is 9.02. The van der Waals surface area contributed by atoms with Crippen LogP contribution in [0.25, 0.3) is 0 Å². The minimum Gasteiger partial charge on any atom is -0.452 e. The molecule has 2 fully saturated rings. The molecule has 0 radical (unpaired) electrons. The van der Waals surface area contributed by atoms with Gasteiger partial charge >= 0.3 is 5.97 Å². The van der Waals surface area contributed by atoms with E-state index in [1.165, 1.54) is 0 Å². The number of esters is 1. The number of carbonyl (C=O) groups is 3. The molecule has 1 N–H and O–H groups in total. The molecule has 0 aromatic heterocycles. The highest BCUT2D eigenvalue weighted by Crippen LogP contribution is 2.23. The Morgan fingerprint density at radius 2 is 1.85 bits per heavy atom. The van der Waals surface area contributed by atoms with Crippen LogP contribution in [0.1, 0.15) is 61.4 Å². The number of benzene rings is 1. The number of likely N-dealkylation sites (tertiary alicyclic amines) is 1. The summed E-state index contributed by atoms with van der Waals surface area (Å²) in [4.78, 5) is 37.6. The van der Waals surface area contributed by atoms with Crippen molar-refractivity contribution in [3.8, 4) is 0 Å². The van der Waals surface area contributed by atoms with E-state index in [1.807, 2.05) is 17.0 Å². The maximum absolute atomic E-state index is 12.1. The summed E-state index contributed by atoms with van der Waals surface area (Å²) in [5.74, 6) is 0.151. The number of hydrogen-bond donors (Lipinski definition) is 1. The Kier molecular flexibility index (Phi) is 6.48. The average Bonchev–Trinajstić information content (AvgIpc) is 3.07. The third kappa shape index (κ3) is 5.55. The smallest absolute Gasteiger partial charge is 0.338 e. The van der Waals surface area contributed by atoms with E-state index in [1.54, 1.807) is 12.1 Å². The highest BCUT2D eigenvalue weighted by atomic mass is 16.5. The van der Waals surface area contributed by atoms with E-state index in [0.29, 0.717) is 18.5 Å². The van der Waals surface area contributed by atoms with Gasteiger partial charge in [-0.1, -0.05) is 19.1 Å². The van der Waals surface area contributed by atoms with E-state index in [-0.39, 0.29) is 24.5 Å². The van der Waals surface area contributed by atoms with Crippen LogP contribution in [0.4, 0.5) is 0 Å². The highest BCUT2D eigenvalue weighted by Gasteiger charge is 2.21. The SMILES string of the molecule is CC1CCC(NC(=O)COC(=O)c2ccc(CN3CCCC3=O)cc2)CC1. The minimum atomic E-state index is -0.508.